The fourth-order valence-corrected chi connectivity index (χ4v) is 3.26. The number of benzene rings is 1. The van der Waals surface area contributed by atoms with E-state index in [0.717, 1.165) is 13.1 Å². The van der Waals surface area contributed by atoms with Crippen molar-refractivity contribution in [3.8, 4) is 0 Å². The largest absolute Gasteiger partial charge is 0.317 e. The van der Waals surface area contributed by atoms with Gasteiger partial charge in [-0.3, -0.25) is 0 Å². The Morgan fingerprint density at radius 2 is 1.84 bits per heavy atom. The summed E-state index contributed by atoms with van der Waals surface area (Å²) in [5.41, 5.74) is 1.88. The van der Waals surface area contributed by atoms with Crippen LogP contribution in [-0.4, -0.2) is 38.1 Å². The Morgan fingerprint density at radius 3 is 2.47 bits per heavy atom. The van der Waals surface area contributed by atoms with Gasteiger partial charge in [0.25, 0.3) is 0 Å². The summed E-state index contributed by atoms with van der Waals surface area (Å²) in [6.07, 6.45) is 5.10. The lowest BCUT2D eigenvalue weighted by atomic mass is 9.73. The highest BCUT2D eigenvalue weighted by Gasteiger charge is 2.34. The predicted octanol–water partition coefficient (Wildman–Crippen LogP) is 3.04. The van der Waals surface area contributed by atoms with Gasteiger partial charge in [-0.2, -0.15) is 0 Å². The van der Waals surface area contributed by atoms with Crippen LogP contribution in [0, 0.1) is 0 Å². The zero-order valence-electron chi connectivity index (χ0n) is 12.5. The van der Waals surface area contributed by atoms with Gasteiger partial charge in [-0.25, -0.2) is 0 Å². The Balaban J connectivity index is 2.11. The molecule has 0 bridgehead atoms. The molecule has 1 fully saturated rings. The van der Waals surface area contributed by atoms with E-state index < -0.39 is 0 Å². The first-order chi connectivity index (χ1) is 9.27. The molecule has 106 valence electrons. The number of likely N-dealkylation sites (N-methyl/N-ethyl adjacent to an activating group) is 1. The molecule has 0 unspecified atom stereocenters. The molecule has 2 heteroatoms. The van der Waals surface area contributed by atoms with E-state index >= 15 is 0 Å². The average Bonchev–Trinajstić information content (AvgIpc) is 2.47. The molecule has 0 atom stereocenters. The quantitative estimate of drug-likeness (QED) is 0.846. The summed E-state index contributed by atoms with van der Waals surface area (Å²) < 4.78 is 0. The van der Waals surface area contributed by atoms with Gasteiger partial charge in [0.2, 0.25) is 0 Å². The maximum absolute atomic E-state index is 3.51. The molecule has 1 N–H and O–H groups in total. The van der Waals surface area contributed by atoms with Gasteiger partial charge in [0.15, 0.2) is 0 Å². The number of rotatable bonds is 6. The average molecular weight is 260 g/mol. The number of unbranched alkanes of at least 4 members (excludes halogenated alkanes) is 1. The molecule has 0 spiro atoms. The maximum Gasteiger partial charge on any atom is 0.0104 e. The van der Waals surface area contributed by atoms with Crippen molar-refractivity contribution in [1.29, 1.82) is 0 Å². The van der Waals surface area contributed by atoms with Crippen molar-refractivity contribution in [2.75, 3.05) is 33.2 Å². The second kappa shape index (κ2) is 7.06. The topological polar surface area (TPSA) is 15.3 Å². The van der Waals surface area contributed by atoms with Gasteiger partial charge < -0.3 is 10.2 Å². The molecule has 0 radical (unpaired) electrons. The molecule has 1 aromatic rings. The first-order valence-corrected chi connectivity index (χ1v) is 7.72. The fraction of sp³-hybridized carbons (Fsp3) is 0.647. The van der Waals surface area contributed by atoms with Gasteiger partial charge in [0.1, 0.15) is 0 Å². The van der Waals surface area contributed by atoms with Gasteiger partial charge in [0, 0.05) is 12.0 Å². The Hall–Kier alpha value is -0.860. The Morgan fingerprint density at radius 1 is 1.16 bits per heavy atom. The number of piperidine rings is 1. The molecule has 19 heavy (non-hydrogen) atoms. The highest BCUT2D eigenvalue weighted by Crippen LogP contribution is 2.34. The summed E-state index contributed by atoms with van der Waals surface area (Å²) in [7, 11) is 2.28. The summed E-state index contributed by atoms with van der Waals surface area (Å²) in [5.74, 6) is 0. The number of nitrogens with zero attached hydrogens (tertiary/aromatic N) is 1. The van der Waals surface area contributed by atoms with Crippen LogP contribution in [0.3, 0.4) is 0 Å². The van der Waals surface area contributed by atoms with E-state index in [1.165, 1.54) is 44.3 Å². The Bertz CT molecular complexity index is 355. The van der Waals surface area contributed by atoms with Crippen LogP contribution in [0.5, 0.6) is 0 Å². The summed E-state index contributed by atoms with van der Waals surface area (Å²) in [5, 5.41) is 3.51. The summed E-state index contributed by atoms with van der Waals surface area (Å²) in [6, 6.07) is 11.1. The van der Waals surface area contributed by atoms with E-state index in [9.17, 15) is 0 Å². The number of hydrogen-bond acceptors (Lipinski definition) is 2. The van der Waals surface area contributed by atoms with Crippen LogP contribution in [0.25, 0.3) is 0 Å². The van der Waals surface area contributed by atoms with E-state index in [-0.39, 0.29) is 0 Å². The molecule has 1 aromatic carbocycles. The molecule has 1 heterocycles. The smallest absolute Gasteiger partial charge is 0.0104 e. The lowest BCUT2D eigenvalue weighted by molar-refractivity contribution is 0.199. The van der Waals surface area contributed by atoms with E-state index in [1.54, 1.807) is 0 Å². The molecule has 2 nitrogen and oxygen atoms in total. The number of nitrogens with one attached hydrogen (secondary N) is 1. The molecule has 0 amide bonds. The first kappa shape index (κ1) is 14.5. The standard InChI is InChI=1S/C17H28N2/c1-3-4-14-19(2)15-17(10-12-18-13-11-17)16-8-6-5-7-9-16/h5-9,18H,3-4,10-15H2,1-2H3. The Kier molecular flexibility index (Phi) is 5.41. The van der Waals surface area contributed by atoms with Gasteiger partial charge in [0.05, 0.1) is 0 Å². The molecule has 0 saturated carbocycles. The summed E-state index contributed by atoms with van der Waals surface area (Å²) in [4.78, 5) is 2.53. The zero-order chi connectivity index (χ0) is 13.6. The minimum absolute atomic E-state index is 0.356. The van der Waals surface area contributed by atoms with Crippen LogP contribution in [0.15, 0.2) is 30.3 Å². The van der Waals surface area contributed by atoms with E-state index in [2.05, 4.69) is 54.5 Å². The van der Waals surface area contributed by atoms with Crippen molar-refractivity contribution in [3.05, 3.63) is 35.9 Å². The first-order valence-electron chi connectivity index (χ1n) is 7.72. The second-order valence-corrected chi connectivity index (χ2v) is 5.99. The van der Waals surface area contributed by atoms with Crippen LogP contribution in [0.2, 0.25) is 0 Å². The highest BCUT2D eigenvalue weighted by atomic mass is 15.1. The Labute approximate surface area is 118 Å². The van der Waals surface area contributed by atoms with Crippen LogP contribution in [0.1, 0.15) is 38.2 Å². The van der Waals surface area contributed by atoms with Crippen molar-refractivity contribution in [2.24, 2.45) is 0 Å². The summed E-state index contributed by atoms with van der Waals surface area (Å²) >= 11 is 0. The minimum atomic E-state index is 0.356. The maximum atomic E-state index is 3.51. The fourth-order valence-electron chi connectivity index (χ4n) is 3.26. The van der Waals surface area contributed by atoms with Gasteiger partial charge >= 0.3 is 0 Å². The molecule has 1 aliphatic heterocycles. The third-order valence-electron chi connectivity index (χ3n) is 4.41. The highest BCUT2D eigenvalue weighted by molar-refractivity contribution is 5.27. The van der Waals surface area contributed by atoms with Crippen molar-refractivity contribution in [1.82, 2.24) is 10.2 Å². The number of hydrogen-bond donors (Lipinski definition) is 1. The van der Waals surface area contributed by atoms with E-state index in [4.69, 9.17) is 0 Å². The van der Waals surface area contributed by atoms with Gasteiger partial charge in [-0.05, 0) is 51.5 Å². The van der Waals surface area contributed by atoms with Crippen molar-refractivity contribution < 1.29 is 0 Å². The van der Waals surface area contributed by atoms with Crippen LogP contribution < -0.4 is 5.32 Å². The lowest BCUT2D eigenvalue weighted by Gasteiger charge is -2.41. The van der Waals surface area contributed by atoms with Crippen molar-refractivity contribution in [2.45, 2.75) is 38.0 Å². The minimum Gasteiger partial charge on any atom is -0.317 e. The second-order valence-electron chi connectivity index (χ2n) is 5.99. The molecule has 0 aromatic heterocycles. The molecule has 1 saturated heterocycles. The molecular weight excluding hydrogens is 232 g/mol. The third kappa shape index (κ3) is 3.80. The van der Waals surface area contributed by atoms with E-state index in [0.29, 0.717) is 5.41 Å². The molecule has 1 aliphatic rings. The van der Waals surface area contributed by atoms with Crippen LogP contribution >= 0.6 is 0 Å². The SMILES string of the molecule is CCCCN(C)CC1(c2ccccc2)CCNCC1. The monoisotopic (exact) mass is 260 g/mol. The van der Waals surface area contributed by atoms with Crippen LogP contribution in [0.4, 0.5) is 0 Å². The normalized spacial score (nSPS) is 18.7. The van der Waals surface area contributed by atoms with Gasteiger partial charge in [-0.1, -0.05) is 43.7 Å². The van der Waals surface area contributed by atoms with Gasteiger partial charge in [-0.15, -0.1) is 0 Å². The zero-order valence-corrected chi connectivity index (χ0v) is 12.5. The van der Waals surface area contributed by atoms with Crippen molar-refractivity contribution >= 4 is 0 Å². The molecular formula is C17H28N2. The summed E-state index contributed by atoms with van der Waals surface area (Å²) in [6.45, 7) is 6.98. The van der Waals surface area contributed by atoms with Crippen molar-refractivity contribution in [3.63, 3.8) is 0 Å². The van der Waals surface area contributed by atoms with E-state index in [1.807, 2.05) is 0 Å². The predicted molar refractivity (Wildman–Crippen MR) is 82.6 cm³/mol. The third-order valence-corrected chi connectivity index (χ3v) is 4.41. The molecule has 0 aliphatic carbocycles. The van der Waals surface area contributed by atoms with Crippen LogP contribution in [-0.2, 0) is 5.41 Å². The lowest BCUT2D eigenvalue weighted by Crippen LogP contribution is -2.47. The molecule has 2 rings (SSSR count).